The number of hydrogen-bond acceptors (Lipinski definition) is 5. The second kappa shape index (κ2) is 7.24. The Hall–Kier alpha value is -3.52. The third kappa shape index (κ3) is 3.77. The van der Waals surface area contributed by atoms with Crippen LogP contribution < -0.4 is 19.5 Å². The first-order chi connectivity index (χ1) is 13.5. The van der Waals surface area contributed by atoms with Crippen LogP contribution in [-0.4, -0.2) is 21.1 Å². The summed E-state index contributed by atoms with van der Waals surface area (Å²) in [7, 11) is -3.81. The zero-order chi connectivity index (χ0) is 19.6. The minimum atomic E-state index is -3.81. The maximum Gasteiger partial charge on any atom is 0.261 e. The molecule has 1 amide bonds. The zero-order valence-corrected chi connectivity index (χ0v) is 15.4. The summed E-state index contributed by atoms with van der Waals surface area (Å²) in [5.41, 5.74) is 1.37. The van der Waals surface area contributed by atoms with Gasteiger partial charge in [-0.2, -0.15) is 0 Å². The zero-order valence-electron chi connectivity index (χ0n) is 14.6. The van der Waals surface area contributed by atoms with Crippen molar-refractivity contribution in [3.63, 3.8) is 0 Å². The van der Waals surface area contributed by atoms with Gasteiger partial charge in [0.25, 0.3) is 15.9 Å². The van der Waals surface area contributed by atoms with E-state index >= 15 is 0 Å². The predicted octanol–water partition coefficient (Wildman–Crippen LogP) is 3.47. The molecule has 7 nitrogen and oxygen atoms in total. The molecule has 0 atom stereocenters. The number of rotatable bonds is 5. The smallest absolute Gasteiger partial charge is 0.261 e. The van der Waals surface area contributed by atoms with E-state index in [4.69, 9.17) is 9.47 Å². The quantitative estimate of drug-likeness (QED) is 0.689. The lowest BCUT2D eigenvalue weighted by molar-refractivity contribution is 0.102. The summed E-state index contributed by atoms with van der Waals surface area (Å²) in [4.78, 5) is 12.3. The molecule has 1 heterocycles. The van der Waals surface area contributed by atoms with Crippen molar-refractivity contribution in [1.82, 2.24) is 0 Å². The molecule has 8 heteroatoms. The maximum atomic E-state index is 12.6. The second-order valence-electron chi connectivity index (χ2n) is 6.02. The van der Waals surface area contributed by atoms with Crippen LogP contribution >= 0.6 is 0 Å². The Morgan fingerprint density at radius 1 is 0.821 bits per heavy atom. The van der Waals surface area contributed by atoms with E-state index in [0.29, 0.717) is 28.4 Å². The number of amides is 1. The van der Waals surface area contributed by atoms with E-state index in [1.807, 2.05) is 18.2 Å². The van der Waals surface area contributed by atoms with Crippen LogP contribution in [-0.2, 0) is 10.0 Å². The Morgan fingerprint density at radius 2 is 1.54 bits per heavy atom. The van der Waals surface area contributed by atoms with Crippen LogP contribution in [0, 0.1) is 0 Å². The average Bonchev–Trinajstić information content (AvgIpc) is 3.16. The van der Waals surface area contributed by atoms with Crippen LogP contribution in [0.15, 0.2) is 77.7 Å². The number of anilines is 2. The SMILES string of the molecule is O=C(Nc1ccccc1)c1ccc(S(=O)(=O)Nc2ccc3c(c2)OCO3)cc1. The molecule has 4 rings (SSSR count). The van der Waals surface area contributed by atoms with Gasteiger partial charge >= 0.3 is 0 Å². The van der Waals surface area contributed by atoms with E-state index < -0.39 is 10.0 Å². The number of sulfonamides is 1. The first-order valence-corrected chi connectivity index (χ1v) is 9.88. The molecule has 0 bridgehead atoms. The number of carbonyl (C=O) groups excluding carboxylic acids is 1. The fourth-order valence-corrected chi connectivity index (χ4v) is 3.73. The van der Waals surface area contributed by atoms with Crippen LogP contribution in [0.25, 0.3) is 0 Å². The van der Waals surface area contributed by atoms with Gasteiger partial charge in [-0.15, -0.1) is 0 Å². The van der Waals surface area contributed by atoms with Gasteiger partial charge < -0.3 is 14.8 Å². The second-order valence-corrected chi connectivity index (χ2v) is 7.70. The lowest BCUT2D eigenvalue weighted by Gasteiger charge is -2.10. The van der Waals surface area contributed by atoms with Gasteiger partial charge in [0.05, 0.1) is 10.6 Å². The molecule has 0 saturated heterocycles. The number of ether oxygens (including phenoxy) is 2. The van der Waals surface area contributed by atoms with Gasteiger partial charge in [-0.1, -0.05) is 18.2 Å². The van der Waals surface area contributed by atoms with Gasteiger partial charge in [0.2, 0.25) is 6.79 Å². The number of para-hydroxylation sites is 1. The van der Waals surface area contributed by atoms with Gasteiger partial charge in [0, 0.05) is 17.3 Å². The molecule has 0 radical (unpaired) electrons. The van der Waals surface area contributed by atoms with Crippen molar-refractivity contribution in [2.45, 2.75) is 4.90 Å². The Bertz CT molecular complexity index is 1110. The fraction of sp³-hybridized carbons (Fsp3) is 0.0500. The molecule has 0 fully saturated rings. The number of hydrogen-bond donors (Lipinski definition) is 2. The summed E-state index contributed by atoms with van der Waals surface area (Å²) in [6.45, 7) is 0.109. The van der Waals surface area contributed by atoms with Crippen LogP contribution in [0.2, 0.25) is 0 Å². The molecule has 0 aliphatic carbocycles. The van der Waals surface area contributed by atoms with Gasteiger partial charge in [0.15, 0.2) is 11.5 Å². The molecule has 2 N–H and O–H groups in total. The molecule has 142 valence electrons. The van der Waals surface area contributed by atoms with Crippen molar-refractivity contribution >= 4 is 27.3 Å². The monoisotopic (exact) mass is 396 g/mol. The van der Waals surface area contributed by atoms with Crippen molar-refractivity contribution in [1.29, 1.82) is 0 Å². The van der Waals surface area contributed by atoms with Crippen LogP contribution in [0.5, 0.6) is 11.5 Å². The number of fused-ring (bicyclic) bond motifs is 1. The molecule has 0 saturated carbocycles. The number of nitrogens with one attached hydrogen (secondary N) is 2. The largest absolute Gasteiger partial charge is 0.454 e. The van der Waals surface area contributed by atoms with Crippen LogP contribution in [0.3, 0.4) is 0 Å². The van der Waals surface area contributed by atoms with Crippen LogP contribution in [0.4, 0.5) is 11.4 Å². The molecule has 0 aromatic heterocycles. The highest BCUT2D eigenvalue weighted by Crippen LogP contribution is 2.34. The highest BCUT2D eigenvalue weighted by molar-refractivity contribution is 7.92. The Balaban J connectivity index is 1.48. The summed E-state index contributed by atoms with van der Waals surface area (Å²) in [5.74, 6) is 0.726. The summed E-state index contributed by atoms with van der Waals surface area (Å²) in [6.07, 6.45) is 0. The summed E-state index contributed by atoms with van der Waals surface area (Å²) in [5, 5.41) is 2.75. The topological polar surface area (TPSA) is 93.7 Å². The van der Waals surface area contributed by atoms with Gasteiger partial charge in [-0.05, 0) is 48.5 Å². The third-order valence-corrected chi connectivity index (χ3v) is 5.48. The standard InChI is InChI=1S/C20H16N2O5S/c23-20(21-15-4-2-1-3-5-15)14-6-9-17(10-7-14)28(24,25)22-16-8-11-18-19(12-16)27-13-26-18/h1-12,22H,13H2,(H,21,23). The minimum absolute atomic E-state index is 0.0430. The van der Waals surface area contributed by atoms with Crippen LogP contribution in [0.1, 0.15) is 10.4 Å². The van der Waals surface area contributed by atoms with Crippen molar-refractivity contribution in [2.24, 2.45) is 0 Å². The normalized spacial score (nSPS) is 12.4. The van der Waals surface area contributed by atoms with E-state index in [1.165, 1.54) is 24.3 Å². The summed E-state index contributed by atoms with van der Waals surface area (Å²) in [6, 6.07) is 19.5. The van der Waals surface area contributed by atoms with Crippen molar-refractivity contribution in [3.05, 3.63) is 78.4 Å². The van der Waals surface area contributed by atoms with Gasteiger partial charge in [-0.25, -0.2) is 8.42 Å². The predicted molar refractivity (Wildman–Crippen MR) is 104 cm³/mol. The first kappa shape index (κ1) is 17.9. The third-order valence-electron chi connectivity index (χ3n) is 4.08. The van der Waals surface area contributed by atoms with Crippen molar-refractivity contribution in [2.75, 3.05) is 16.8 Å². The highest BCUT2D eigenvalue weighted by Gasteiger charge is 2.18. The van der Waals surface area contributed by atoms with E-state index in [0.717, 1.165) is 0 Å². The maximum absolute atomic E-state index is 12.6. The number of carbonyl (C=O) groups is 1. The minimum Gasteiger partial charge on any atom is -0.454 e. The van der Waals surface area contributed by atoms with Gasteiger partial charge in [-0.3, -0.25) is 9.52 Å². The molecule has 28 heavy (non-hydrogen) atoms. The molecular formula is C20H16N2O5S. The molecule has 0 unspecified atom stereocenters. The lowest BCUT2D eigenvalue weighted by Crippen LogP contribution is -2.14. The summed E-state index contributed by atoms with van der Waals surface area (Å²) < 4.78 is 38.1. The molecule has 1 aliphatic rings. The molecule has 3 aromatic carbocycles. The van der Waals surface area contributed by atoms with E-state index in [2.05, 4.69) is 10.0 Å². The fourth-order valence-electron chi connectivity index (χ4n) is 2.68. The Kier molecular flexibility index (Phi) is 4.62. The first-order valence-electron chi connectivity index (χ1n) is 8.40. The molecule has 1 aliphatic heterocycles. The van der Waals surface area contributed by atoms with Crippen molar-refractivity contribution in [3.8, 4) is 11.5 Å². The Morgan fingerprint density at radius 3 is 2.29 bits per heavy atom. The summed E-state index contributed by atoms with van der Waals surface area (Å²) >= 11 is 0. The molecular weight excluding hydrogens is 380 g/mol. The molecule has 0 spiro atoms. The Labute approximate surface area is 162 Å². The number of benzene rings is 3. The van der Waals surface area contributed by atoms with E-state index in [9.17, 15) is 13.2 Å². The van der Waals surface area contributed by atoms with Crippen molar-refractivity contribution < 1.29 is 22.7 Å². The van der Waals surface area contributed by atoms with E-state index in [-0.39, 0.29) is 17.6 Å². The average molecular weight is 396 g/mol. The van der Waals surface area contributed by atoms with Gasteiger partial charge in [0.1, 0.15) is 0 Å². The lowest BCUT2D eigenvalue weighted by atomic mass is 10.2. The highest BCUT2D eigenvalue weighted by atomic mass is 32.2. The molecule has 3 aromatic rings. The van der Waals surface area contributed by atoms with E-state index in [1.54, 1.807) is 30.3 Å².